The molecular formula is C15H21N5O3. The van der Waals surface area contributed by atoms with Crippen LogP contribution in [0.25, 0.3) is 11.0 Å². The number of hydrogen-bond acceptors (Lipinski definition) is 7. The topological polar surface area (TPSA) is 106 Å². The lowest BCUT2D eigenvalue weighted by molar-refractivity contribution is 0.0365. The van der Waals surface area contributed by atoms with Crippen molar-refractivity contribution in [2.24, 2.45) is 5.73 Å². The minimum absolute atomic E-state index is 0.0545. The summed E-state index contributed by atoms with van der Waals surface area (Å²) in [5.74, 6) is -0.375. The van der Waals surface area contributed by atoms with E-state index in [1.807, 2.05) is 0 Å². The number of nitrogens with two attached hydrogens (primary N) is 1. The highest BCUT2D eigenvalue weighted by Gasteiger charge is 2.27. The van der Waals surface area contributed by atoms with Crippen molar-refractivity contribution in [2.45, 2.75) is 19.4 Å². The summed E-state index contributed by atoms with van der Waals surface area (Å²) in [6, 6.07) is 0. The standard InChI is InChI=1S/C15H21N5O3/c1-2-22-15(21)12-7-17-14-11(8-18-19-14)13(12)20-5-6-23-10(9-20)3-4-16/h7-8,10H,2-6,9,16H2,1H3,(H,17,18,19)/t10-/m0/s1. The number of hydrogen-bond donors (Lipinski definition) is 2. The molecular weight excluding hydrogens is 298 g/mol. The molecule has 8 heteroatoms. The molecule has 8 nitrogen and oxygen atoms in total. The van der Waals surface area contributed by atoms with E-state index in [0.717, 1.165) is 17.5 Å². The van der Waals surface area contributed by atoms with Crippen molar-refractivity contribution in [3.8, 4) is 0 Å². The quantitative estimate of drug-likeness (QED) is 0.781. The molecule has 0 saturated carbocycles. The van der Waals surface area contributed by atoms with Crippen molar-refractivity contribution in [1.82, 2.24) is 15.2 Å². The SMILES string of the molecule is CCOC(=O)c1cnc2[nH]ncc2c1N1CCO[C@@H](CCN)C1. The molecule has 2 aromatic heterocycles. The number of carbonyl (C=O) groups is 1. The third-order valence-corrected chi connectivity index (χ3v) is 3.89. The van der Waals surface area contributed by atoms with Gasteiger partial charge in [0, 0.05) is 19.3 Å². The molecule has 1 aliphatic rings. The van der Waals surface area contributed by atoms with Crippen molar-refractivity contribution < 1.29 is 14.3 Å². The largest absolute Gasteiger partial charge is 0.462 e. The number of aromatic amines is 1. The summed E-state index contributed by atoms with van der Waals surface area (Å²) in [4.78, 5) is 18.7. The molecule has 0 unspecified atom stereocenters. The monoisotopic (exact) mass is 319 g/mol. The van der Waals surface area contributed by atoms with E-state index in [9.17, 15) is 4.79 Å². The van der Waals surface area contributed by atoms with Gasteiger partial charge in [0.2, 0.25) is 0 Å². The third-order valence-electron chi connectivity index (χ3n) is 3.89. The lowest BCUT2D eigenvalue weighted by Crippen LogP contribution is -2.44. The summed E-state index contributed by atoms with van der Waals surface area (Å²) in [7, 11) is 0. The first-order chi connectivity index (χ1) is 11.2. The van der Waals surface area contributed by atoms with E-state index in [-0.39, 0.29) is 12.1 Å². The predicted octanol–water partition coefficient (Wildman–Crippen LogP) is 0.689. The van der Waals surface area contributed by atoms with Gasteiger partial charge in [0.05, 0.1) is 36.6 Å². The first kappa shape index (κ1) is 15.7. The Balaban J connectivity index is 2.01. The number of H-pyrrole nitrogens is 1. The Kier molecular flexibility index (Phi) is 4.73. The van der Waals surface area contributed by atoms with Crippen LogP contribution in [0.3, 0.4) is 0 Å². The molecule has 2 aromatic rings. The van der Waals surface area contributed by atoms with Gasteiger partial charge in [-0.05, 0) is 19.9 Å². The molecule has 1 saturated heterocycles. The molecule has 124 valence electrons. The van der Waals surface area contributed by atoms with Crippen LogP contribution >= 0.6 is 0 Å². The minimum atomic E-state index is -0.375. The normalized spacial score (nSPS) is 18.3. The first-order valence-electron chi connectivity index (χ1n) is 7.80. The molecule has 3 N–H and O–H groups in total. The van der Waals surface area contributed by atoms with E-state index in [1.54, 1.807) is 19.3 Å². The number of nitrogens with zero attached hydrogens (tertiary/aromatic N) is 3. The molecule has 1 aliphatic heterocycles. The van der Waals surface area contributed by atoms with Gasteiger partial charge >= 0.3 is 5.97 Å². The maximum absolute atomic E-state index is 12.3. The van der Waals surface area contributed by atoms with Crippen molar-refractivity contribution in [3.63, 3.8) is 0 Å². The first-order valence-corrected chi connectivity index (χ1v) is 7.80. The molecule has 0 spiro atoms. The van der Waals surface area contributed by atoms with Gasteiger partial charge in [0.15, 0.2) is 5.65 Å². The Morgan fingerprint density at radius 1 is 1.57 bits per heavy atom. The average Bonchev–Trinajstić information content (AvgIpc) is 3.03. The number of aromatic nitrogens is 3. The van der Waals surface area contributed by atoms with E-state index in [4.69, 9.17) is 15.2 Å². The molecule has 0 aromatic carbocycles. The molecule has 0 radical (unpaired) electrons. The minimum Gasteiger partial charge on any atom is -0.462 e. The molecule has 1 atom stereocenters. The van der Waals surface area contributed by atoms with Gasteiger partial charge in [-0.2, -0.15) is 5.10 Å². The zero-order valence-electron chi connectivity index (χ0n) is 13.1. The lowest BCUT2D eigenvalue weighted by atomic mass is 10.1. The van der Waals surface area contributed by atoms with Crippen molar-refractivity contribution in [1.29, 1.82) is 0 Å². The van der Waals surface area contributed by atoms with Crippen LogP contribution in [0.4, 0.5) is 5.69 Å². The number of carbonyl (C=O) groups excluding carboxylic acids is 1. The van der Waals surface area contributed by atoms with Crippen LogP contribution < -0.4 is 10.6 Å². The fourth-order valence-electron chi connectivity index (χ4n) is 2.87. The predicted molar refractivity (Wildman–Crippen MR) is 85.5 cm³/mol. The van der Waals surface area contributed by atoms with Crippen LogP contribution in [0.1, 0.15) is 23.7 Å². The highest BCUT2D eigenvalue weighted by Crippen LogP contribution is 2.30. The van der Waals surface area contributed by atoms with Gasteiger partial charge < -0.3 is 20.1 Å². The van der Waals surface area contributed by atoms with E-state index in [2.05, 4.69) is 20.1 Å². The van der Waals surface area contributed by atoms with Crippen LogP contribution in [-0.4, -0.2) is 60.1 Å². The Morgan fingerprint density at radius 2 is 2.43 bits per heavy atom. The Bertz CT molecular complexity index is 685. The summed E-state index contributed by atoms with van der Waals surface area (Å²) in [5, 5.41) is 7.69. The van der Waals surface area contributed by atoms with Crippen molar-refractivity contribution in [3.05, 3.63) is 18.0 Å². The van der Waals surface area contributed by atoms with Gasteiger partial charge in [-0.3, -0.25) is 5.10 Å². The molecule has 1 fully saturated rings. The average molecular weight is 319 g/mol. The Labute approximate surface area is 133 Å². The second kappa shape index (κ2) is 6.93. The van der Waals surface area contributed by atoms with Gasteiger partial charge in [-0.25, -0.2) is 9.78 Å². The summed E-state index contributed by atoms with van der Waals surface area (Å²) < 4.78 is 10.9. The van der Waals surface area contributed by atoms with Gasteiger partial charge in [0.1, 0.15) is 5.56 Å². The maximum Gasteiger partial charge on any atom is 0.341 e. The highest BCUT2D eigenvalue weighted by atomic mass is 16.5. The van der Waals surface area contributed by atoms with E-state index in [1.165, 1.54) is 0 Å². The van der Waals surface area contributed by atoms with E-state index >= 15 is 0 Å². The number of ether oxygens (including phenoxy) is 2. The van der Waals surface area contributed by atoms with Gasteiger partial charge in [-0.1, -0.05) is 0 Å². The summed E-state index contributed by atoms with van der Waals surface area (Å²) in [6.45, 7) is 4.63. The van der Waals surface area contributed by atoms with E-state index in [0.29, 0.717) is 44.1 Å². The zero-order valence-corrected chi connectivity index (χ0v) is 13.1. The van der Waals surface area contributed by atoms with Crippen LogP contribution in [0.15, 0.2) is 12.4 Å². The molecule has 23 heavy (non-hydrogen) atoms. The highest BCUT2D eigenvalue weighted by molar-refractivity contribution is 6.04. The zero-order chi connectivity index (χ0) is 16.2. The van der Waals surface area contributed by atoms with E-state index < -0.39 is 0 Å². The number of anilines is 1. The van der Waals surface area contributed by atoms with Crippen LogP contribution in [-0.2, 0) is 9.47 Å². The van der Waals surface area contributed by atoms with Gasteiger partial charge in [0.25, 0.3) is 0 Å². The smallest absolute Gasteiger partial charge is 0.341 e. The number of morpholine rings is 1. The Hall–Kier alpha value is -2.19. The number of nitrogens with one attached hydrogen (secondary N) is 1. The lowest BCUT2D eigenvalue weighted by Gasteiger charge is -2.35. The molecule has 0 amide bonds. The fraction of sp³-hybridized carbons (Fsp3) is 0.533. The number of esters is 1. The third kappa shape index (κ3) is 3.13. The van der Waals surface area contributed by atoms with Crippen molar-refractivity contribution >= 4 is 22.7 Å². The number of fused-ring (bicyclic) bond motifs is 1. The number of pyridine rings is 1. The fourth-order valence-corrected chi connectivity index (χ4v) is 2.87. The summed E-state index contributed by atoms with van der Waals surface area (Å²) in [6.07, 6.45) is 4.07. The summed E-state index contributed by atoms with van der Waals surface area (Å²) in [5.41, 5.74) is 7.54. The molecule has 0 bridgehead atoms. The van der Waals surface area contributed by atoms with Gasteiger partial charge in [-0.15, -0.1) is 0 Å². The molecule has 0 aliphatic carbocycles. The summed E-state index contributed by atoms with van der Waals surface area (Å²) >= 11 is 0. The Morgan fingerprint density at radius 3 is 3.22 bits per heavy atom. The number of rotatable bonds is 5. The van der Waals surface area contributed by atoms with Crippen LogP contribution in [0, 0.1) is 0 Å². The van der Waals surface area contributed by atoms with Crippen molar-refractivity contribution in [2.75, 3.05) is 37.7 Å². The maximum atomic E-state index is 12.3. The second-order valence-electron chi connectivity index (χ2n) is 5.39. The van der Waals surface area contributed by atoms with Crippen LogP contribution in [0.2, 0.25) is 0 Å². The molecule has 3 heterocycles. The second-order valence-corrected chi connectivity index (χ2v) is 5.39. The van der Waals surface area contributed by atoms with Crippen LogP contribution in [0.5, 0.6) is 0 Å². The molecule has 3 rings (SSSR count).